The number of carbonyl (C=O) groups is 2. The Kier molecular flexibility index (Phi) is 5.89. The van der Waals surface area contributed by atoms with Gasteiger partial charge in [-0.25, -0.2) is 13.2 Å². The molecule has 3 rings (SSSR count). The zero-order chi connectivity index (χ0) is 21.2. The van der Waals surface area contributed by atoms with Gasteiger partial charge in [-0.3, -0.25) is 4.79 Å². The Labute approximate surface area is 168 Å². The average molecular weight is 421 g/mol. The highest BCUT2D eigenvalue weighted by atomic mass is 32.2. The minimum absolute atomic E-state index is 0.0923. The summed E-state index contributed by atoms with van der Waals surface area (Å²) in [4.78, 5) is 25.2. The van der Waals surface area contributed by atoms with Gasteiger partial charge in [0.2, 0.25) is 15.9 Å². The molecule has 1 aliphatic heterocycles. The third-order valence-electron chi connectivity index (χ3n) is 4.55. The van der Waals surface area contributed by atoms with Crippen LogP contribution in [0.15, 0.2) is 33.7 Å². The lowest BCUT2D eigenvalue weighted by Gasteiger charge is -2.33. The summed E-state index contributed by atoms with van der Waals surface area (Å²) < 4.78 is 32.0. The molecule has 11 heteroatoms. The molecule has 1 saturated heterocycles. The lowest BCUT2D eigenvalue weighted by Crippen LogP contribution is -2.51. The van der Waals surface area contributed by atoms with Crippen molar-refractivity contribution in [1.29, 1.82) is 0 Å². The smallest absolute Gasteiger partial charge is 0.321 e. The van der Waals surface area contributed by atoms with Gasteiger partial charge < -0.3 is 20.1 Å². The van der Waals surface area contributed by atoms with Crippen LogP contribution in [-0.4, -0.2) is 60.9 Å². The number of anilines is 2. The Morgan fingerprint density at radius 2 is 1.55 bits per heavy atom. The molecule has 0 unspecified atom stereocenters. The summed E-state index contributed by atoms with van der Waals surface area (Å²) in [5, 5.41) is 9.13. The van der Waals surface area contributed by atoms with Crippen LogP contribution in [0.1, 0.15) is 18.4 Å². The van der Waals surface area contributed by atoms with Crippen molar-refractivity contribution in [2.24, 2.45) is 0 Å². The Bertz CT molecular complexity index is 988. The van der Waals surface area contributed by atoms with Crippen LogP contribution in [-0.2, 0) is 14.8 Å². The summed E-state index contributed by atoms with van der Waals surface area (Å²) in [6, 6.07) is 6.42. The Hall–Kier alpha value is -2.92. The summed E-state index contributed by atoms with van der Waals surface area (Å²) in [6.07, 6.45) is 0. The minimum atomic E-state index is -3.72. The van der Waals surface area contributed by atoms with E-state index in [1.54, 1.807) is 43.0 Å². The number of benzene rings is 1. The van der Waals surface area contributed by atoms with Crippen LogP contribution in [0.4, 0.5) is 16.2 Å². The van der Waals surface area contributed by atoms with Crippen LogP contribution >= 0.6 is 0 Å². The summed E-state index contributed by atoms with van der Waals surface area (Å²) >= 11 is 0. The minimum Gasteiger partial charge on any atom is -0.360 e. The second kappa shape index (κ2) is 8.21. The molecule has 2 aromatic rings. The summed E-state index contributed by atoms with van der Waals surface area (Å²) in [6.45, 7) is 5.46. The van der Waals surface area contributed by atoms with Crippen molar-refractivity contribution in [3.05, 3.63) is 35.7 Å². The van der Waals surface area contributed by atoms with E-state index in [0.717, 1.165) is 0 Å². The van der Waals surface area contributed by atoms with E-state index in [1.165, 1.54) is 11.2 Å². The lowest BCUT2D eigenvalue weighted by atomic mass is 10.2. The lowest BCUT2D eigenvalue weighted by molar-refractivity contribution is -0.114. The van der Waals surface area contributed by atoms with E-state index in [4.69, 9.17) is 4.52 Å². The summed E-state index contributed by atoms with van der Waals surface area (Å²) in [5.74, 6) is 0.0802. The molecule has 156 valence electrons. The van der Waals surface area contributed by atoms with E-state index in [1.807, 2.05) is 0 Å². The maximum Gasteiger partial charge on any atom is 0.321 e. The molecule has 1 aliphatic rings. The third kappa shape index (κ3) is 4.57. The van der Waals surface area contributed by atoms with Crippen LogP contribution in [0.3, 0.4) is 0 Å². The SMILES string of the molecule is CC(=O)Nc1ccc(NC(=O)N2CCN(S(=O)(=O)c3c(C)noc3C)CC2)cc1. The fourth-order valence-electron chi connectivity index (χ4n) is 3.15. The highest BCUT2D eigenvalue weighted by Crippen LogP contribution is 2.24. The molecule has 10 nitrogen and oxygen atoms in total. The predicted molar refractivity (Wildman–Crippen MR) is 106 cm³/mol. The summed E-state index contributed by atoms with van der Waals surface area (Å²) in [5.41, 5.74) is 1.54. The molecular formula is C18H23N5O5S. The second-order valence-electron chi connectivity index (χ2n) is 6.73. The number of urea groups is 1. The van der Waals surface area contributed by atoms with Gasteiger partial charge >= 0.3 is 6.03 Å². The normalized spacial score (nSPS) is 15.2. The number of rotatable bonds is 4. The molecule has 29 heavy (non-hydrogen) atoms. The first-order chi connectivity index (χ1) is 13.7. The van der Waals surface area contributed by atoms with E-state index in [9.17, 15) is 18.0 Å². The number of nitrogens with one attached hydrogen (secondary N) is 2. The highest BCUT2D eigenvalue weighted by Gasteiger charge is 2.34. The van der Waals surface area contributed by atoms with Crippen LogP contribution in [0.5, 0.6) is 0 Å². The van der Waals surface area contributed by atoms with Crippen LogP contribution in [0.25, 0.3) is 0 Å². The molecule has 1 fully saturated rings. The van der Waals surface area contributed by atoms with Gasteiger partial charge in [-0.2, -0.15) is 4.31 Å². The second-order valence-corrected chi connectivity index (χ2v) is 8.61. The van der Waals surface area contributed by atoms with Crippen LogP contribution < -0.4 is 10.6 Å². The molecule has 0 radical (unpaired) electrons. The fourth-order valence-corrected chi connectivity index (χ4v) is 4.86. The Morgan fingerprint density at radius 1 is 1.00 bits per heavy atom. The monoisotopic (exact) mass is 421 g/mol. The molecule has 1 aromatic carbocycles. The van der Waals surface area contributed by atoms with Crippen LogP contribution in [0, 0.1) is 13.8 Å². The van der Waals surface area contributed by atoms with Crippen molar-refractivity contribution >= 4 is 33.3 Å². The Morgan fingerprint density at radius 3 is 2.03 bits per heavy atom. The molecule has 0 aliphatic carbocycles. The number of aromatic nitrogens is 1. The summed E-state index contributed by atoms with van der Waals surface area (Å²) in [7, 11) is -3.72. The first kappa shape index (κ1) is 20.8. The van der Waals surface area contributed by atoms with Crippen molar-refractivity contribution in [3.8, 4) is 0 Å². The van der Waals surface area contributed by atoms with Crippen molar-refractivity contribution in [1.82, 2.24) is 14.4 Å². The molecule has 2 heterocycles. The first-order valence-electron chi connectivity index (χ1n) is 9.05. The number of amides is 3. The molecule has 1 aromatic heterocycles. The van der Waals surface area contributed by atoms with Gasteiger partial charge in [0.25, 0.3) is 0 Å². The molecule has 0 bridgehead atoms. The molecule has 2 N–H and O–H groups in total. The number of hydrogen-bond acceptors (Lipinski definition) is 6. The van der Waals surface area contributed by atoms with Crippen molar-refractivity contribution in [2.75, 3.05) is 36.8 Å². The zero-order valence-corrected chi connectivity index (χ0v) is 17.2. The molecule has 0 saturated carbocycles. The van der Waals surface area contributed by atoms with E-state index < -0.39 is 10.0 Å². The number of hydrogen-bond donors (Lipinski definition) is 2. The molecule has 0 spiro atoms. The van der Waals surface area contributed by atoms with Gasteiger partial charge in [-0.15, -0.1) is 0 Å². The van der Waals surface area contributed by atoms with Crippen molar-refractivity contribution < 1.29 is 22.5 Å². The quantitative estimate of drug-likeness (QED) is 0.775. The number of sulfonamides is 1. The standard InChI is InChI=1S/C18H23N5O5S/c1-12-17(13(2)28-21-12)29(26,27)23-10-8-22(9-11-23)18(25)20-16-6-4-15(5-7-16)19-14(3)24/h4-7H,8-11H2,1-3H3,(H,19,24)(H,20,25). The van der Waals surface area contributed by atoms with E-state index in [2.05, 4.69) is 15.8 Å². The van der Waals surface area contributed by atoms with Gasteiger partial charge in [0, 0.05) is 44.5 Å². The van der Waals surface area contributed by atoms with Gasteiger partial charge in [-0.1, -0.05) is 5.16 Å². The number of nitrogens with zero attached hydrogens (tertiary/aromatic N) is 3. The highest BCUT2D eigenvalue weighted by molar-refractivity contribution is 7.89. The average Bonchev–Trinajstić information content (AvgIpc) is 3.02. The van der Waals surface area contributed by atoms with Crippen molar-refractivity contribution in [3.63, 3.8) is 0 Å². The van der Waals surface area contributed by atoms with Gasteiger partial charge in [0.05, 0.1) is 0 Å². The Balaban J connectivity index is 1.59. The van der Waals surface area contributed by atoms with Gasteiger partial charge in [-0.05, 0) is 38.1 Å². The maximum atomic E-state index is 12.8. The fraction of sp³-hybridized carbons (Fsp3) is 0.389. The number of piperazine rings is 1. The van der Waals surface area contributed by atoms with Crippen molar-refractivity contribution in [2.45, 2.75) is 25.7 Å². The number of aryl methyl sites for hydroxylation is 2. The van der Waals surface area contributed by atoms with E-state index in [-0.39, 0.29) is 48.8 Å². The van der Waals surface area contributed by atoms with E-state index >= 15 is 0 Å². The maximum absolute atomic E-state index is 12.8. The largest absolute Gasteiger partial charge is 0.360 e. The van der Waals surface area contributed by atoms with E-state index in [0.29, 0.717) is 17.1 Å². The zero-order valence-electron chi connectivity index (χ0n) is 16.4. The topological polar surface area (TPSA) is 125 Å². The first-order valence-corrected chi connectivity index (χ1v) is 10.5. The molecular weight excluding hydrogens is 398 g/mol. The predicted octanol–water partition coefficient (Wildman–Crippen LogP) is 1.79. The number of carbonyl (C=O) groups excluding carboxylic acids is 2. The molecule has 3 amide bonds. The molecule has 0 atom stereocenters. The van der Waals surface area contributed by atoms with Crippen LogP contribution in [0.2, 0.25) is 0 Å². The third-order valence-corrected chi connectivity index (χ3v) is 6.69. The van der Waals surface area contributed by atoms with Gasteiger partial charge in [0.1, 0.15) is 10.6 Å². The van der Waals surface area contributed by atoms with Gasteiger partial charge in [0.15, 0.2) is 5.76 Å².